The Morgan fingerprint density at radius 1 is 1.42 bits per heavy atom. The minimum atomic E-state index is -0.266. The van der Waals surface area contributed by atoms with Crippen LogP contribution < -0.4 is 5.32 Å². The first-order valence-corrected chi connectivity index (χ1v) is 6.82. The van der Waals surface area contributed by atoms with Crippen molar-refractivity contribution in [3.05, 3.63) is 35.6 Å². The van der Waals surface area contributed by atoms with E-state index in [-0.39, 0.29) is 11.7 Å². The second kappa shape index (κ2) is 6.15. The average molecular weight is 264 g/mol. The van der Waals surface area contributed by atoms with Gasteiger partial charge in [-0.1, -0.05) is 26.0 Å². The molecular formula is C15H21FN2O. The largest absolute Gasteiger partial charge is 0.340 e. The predicted molar refractivity (Wildman–Crippen MR) is 73.3 cm³/mol. The van der Waals surface area contributed by atoms with Crippen molar-refractivity contribution >= 4 is 5.91 Å². The van der Waals surface area contributed by atoms with Gasteiger partial charge in [0.1, 0.15) is 5.82 Å². The van der Waals surface area contributed by atoms with Gasteiger partial charge in [0.15, 0.2) is 0 Å². The first kappa shape index (κ1) is 14.0. The molecule has 2 rings (SSSR count). The Labute approximate surface area is 113 Å². The summed E-state index contributed by atoms with van der Waals surface area (Å²) >= 11 is 0. The minimum Gasteiger partial charge on any atom is -0.340 e. The van der Waals surface area contributed by atoms with Gasteiger partial charge in [0.25, 0.3) is 0 Å². The fraction of sp³-hybridized carbons (Fsp3) is 0.533. The van der Waals surface area contributed by atoms with E-state index in [1.807, 2.05) is 4.90 Å². The molecule has 1 heterocycles. The van der Waals surface area contributed by atoms with Gasteiger partial charge in [-0.2, -0.15) is 0 Å². The van der Waals surface area contributed by atoms with E-state index in [1.165, 1.54) is 12.1 Å². The van der Waals surface area contributed by atoms with E-state index >= 15 is 0 Å². The molecule has 1 unspecified atom stereocenters. The number of nitrogens with zero attached hydrogens (tertiary/aromatic N) is 1. The Bertz CT molecular complexity index is 430. The fourth-order valence-corrected chi connectivity index (χ4v) is 2.34. The van der Waals surface area contributed by atoms with Gasteiger partial charge < -0.3 is 10.2 Å². The first-order valence-electron chi connectivity index (χ1n) is 6.82. The molecule has 19 heavy (non-hydrogen) atoms. The number of halogens is 1. The lowest BCUT2D eigenvalue weighted by Crippen LogP contribution is -2.54. The quantitative estimate of drug-likeness (QED) is 0.903. The topological polar surface area (TPSA) is 32.3 Å². The molecule has 1 N–H and O–H groups in total. The fourth-order valence-electron chi connectivity index (χ4n) is 2.34. The smallest absolute Gasteiger partial charge is 0.227 e. The van der Waals surface area contributed by atoms with Crippen LogP contribution in [0.3, 0.4) is 0 Å². The van der Waals surface area contributed by atoms with Gasteiger partial charge in [0.2, 0.25) is 5.91 Å². The van der Waals surface area contributed by atoms with E-state index in [2.05, 4.69) is 19.2 Å². The van der Waals surface area contributed by atoms with Crippen LogP contribution in [0.2, 0.25) is 0 Å². The van der Waals surface area contributed by atoms with Crippen LogP contribution >= 0.6 is 0 Å². The molecule has 1 atom stereocenters. The molecule has 3 nitrogen and oxygen atoms in total. The maximum Gasteiger partial charge on any atom is 0.227 e. The zero-order valence-corrected chi connectivity index (χ0v) is 11.5. The highest BCUT2D eigenvalue weighted by Gasteiger charge is 2.24. The number of hydrogen-bond acceptors (Lipinski definition) is 2. The molecule has 1 aliphatic heterocycles. The van der Waals surface area contributed by atoms with Gasteiger partial charge in [-0.05, 0) is 23.6 Å². The monoisotopic (exact) mass is 264 g/mol. The molecule has 0 aliphatic carbocycles. The highest BCUT2D eigenvalue weighted by atomic mass is 19.1. The molecule has 4 heteroatoms. The standard InChI is InChI=1S/C15H21FN2O/c1-11(2)14-10-18(8-7-17-14)15(19)9-12-3-5-13(16)6-4-12/h3-6,11,14,17H,7-10H2,1-2H3. The number of carbonyl (C=O) groups excluding carboxylic acids is 1. The van der Waals surface area contributed by atoms with Gasteiger partial charge in [0.05, 0.1) is 6.42 Å². The number of benzene rings is 1. The number of nitrogens with one attached hydrogen (secondary N) is 1. The maximum atomic E-state index is 12.8. The molecule has 1 aromatic rings. The second-order valence-corrected chi connectivity index (χ2v) is 5.45. The van der Waals surface area contributed by atoms with Crippen molar-refractivity contribution < 1.29 is 9.18 Å². The van der Waals surface area contributed by atoms with Crippen LogP contribution in [-0.2, 0) is 11.2 Å². The first-order chi connectivity index (χ1) is 9.06. The molecule has 1 aromatic carbocycles. The van der Waals surface area contributed by atoms with E-state index in [4.69, 9.17) is 0 Å². The Hall–Kier alpha value is -1.42. The van der Waals surface area contributed by atoms with Crippen molar-refractivity contribution in [1.29, 1.82) is 0 Å². The number of rotatable bonds is 3. The van der Waals surface area contributed by atoms with Gasteiger partial charge in [0, 0.05) is 25.7 Å². The third-order valence-corrected chi connectivity index (χ3v) is 3.63. The minimum absolute atomic E-state index is 0.124. The van der Waals surface area contributed by atoms with Crippen LogP contribution in [0.15, 0.2) is 24.3 Å². The molecule has 0 bridgehead atoms. The third kappa shape index (κ3) is 3.77. The summed E-state index contributed by atoms with van der Waals surface area (Å²) in [5.74, 6) is 0.374. The maximum absolute atomic E-state index is 12.8. The molecule has 1 saturated heterocycles. The van der Waals surface area contributed by atoms with E-state index in [0.717, 1.165) is 25.2 Å². The molecule has 1 fully saturated rings. The van der Waals surface area contributed by atoms with E-state index in [1.54, 1.807) is 12.1 Å². The number of piperazine rings is 1. The molecule has 1 aliphatic rings. The summed E-state index contributed by atoms with van der Waals surface area (Å²) in [4.78, 5) is 14.1. The Morgan fingerprint density at radius 2 is 2.11 bits per heavy atom. The summed E-state index contributed by atoms with van der Waals surface area (Å²) in [5.41, 5.74) is 0.867. The predicted octanol–water partition coefficient (Wildman–Crippen LogP) is 1.82. The average Bonchev–Trinajstić information content (AvgIpc) is 2.41. The summed E-state index contributed by atoms with van der Waals surface area (Å²) in [6.45, 7) is 6.68. The lowest BCUT2D eigenvalue weighted by Gasteiger charge is -2.35. The van der Waals surface area contributed by atoms with Crippen molar-refractivity contribution in [3.8, 4) is 0 Å². The van der Waals surface area contributed by atoms with Gasteiger partial charge in [-0.15, -0.1) is 0 Å². The van der Waals surface area contributed by atoms with Crippen molar-refractivity contribution in [2.24, 2.45) is 5.92 Å². The lowest BCUT2D eigenvalue weighted by molar-refractivity contribution is -0.131. The van der Waals surface area contributed by atoms with Crippen LogP contribution in [0.5, 0.6) is 0 Å². The van der Waals surface area contributed by atoms with Gasteiger partial charge in [-0.3, -0.25) is 4.79 Å². The Balaban J connectivity index is 1.94. The number of amides is 1. The van der Waals surface area contributed by atoms with Crippen LogP contribution in [-0.4, -0.2) is 36.5 Å². The zero-order chi connectivity index (χ0) is 13.8. The van der Waals surface area contributed by atoms with Crippen LogP contribution in [0.1, 0.15) is 19.4 Å². The summed E-state index contributed by atoms with van der Waals surface area (Å²) in [7, 11) is 0. The third-order valence-electron chi connectivity index (χ3n) is 3.63. The second-order valence-electron chi connectivity index (χ2n) is 5.45. The highest BCUT2D eigenvalue weighted by Crippen LogP contribution is 2.11. The lowest BCUT2D eigenvalue weighted by atomic mass is 10.0. The Morgan fingerprint density at radius 3 is 2.74 bits per heavy atom. The van der Waals surface area contributed by atoms with E-state index < -0.39 is 0 Å². The van der Waals surface area contributed by atoms with Crippen LogP contribution in [0.25, 0.3) is 0 Å². The van der Waals surface area contributed by atoms with Crippen molar-refractivity contribution in [2.45, 2.75) is 26.3 Å². The zero-order valence-electron chi connectivity index (χ0n) is 11.5. The van der Waals surface area contributed by atoms with E-state index in [0.29, 0.717) is 18.4 Å². The summed E-state index contributed by atoms with van der Waals surface area (Å²) in [5, 5.41) is 3.43. The van der Waals surface area contributed by atoms with Crippen molar-refractivity contribution in [3.63, 3.8) is 0 Å². The summed E-state index contributed by atoms with van der Waals surface area (Å²) < 4.78 is 12.8. The van der Waals surface area contributed by atoms with Gasteiger partial charge >= 0.3 is 0 Å². The van der Waals surface area contributed by atoms with Crippen molar-refractivity contribution in [2.75, 3.05) is 19.6 Å². The number of hydrogen-bond donors (Lipinski definition) is 1. The molecule has 0 radical (unpaired) electrons. The summed E-state index contributed by atoms with van der Waals surface area (Å²) in [6.07, 6.45) is 0.352. The molecule has 0 spiro atoms. The van der Waals surface area contributed by atoms with Gasteiger partial charge in [-0.25, -0.2) is 4.39 Å². The highest BCUT2D eigenvalue weighted by molar-refractivity contribution is 5.78. The molecular weight excluding hydrogens is 243 g/mol. The van der Waals surface area contributed by atoms with Crippen molar-refractivity contribution in [1.82, 2.24) is 10.2 Å². The molecule has 1 amide bonds. The van der Waals surface area contributed by atoms with E-state index in [9.17, 15) is 9.18 Å². The normalized spacial score (nSPS) is 19.8. The SMILES string of the molecule is CC(C)C1CN(C(=O)Cc2ccc(F)cc2)CCN1. The number of carbonyl (C=O) groups is 1. The van der Waals surface area contributed by atoms with Crippen LogP contribution in [0.4, 0.5) is 4.39 Å². The molecule has 0 aromatic heterocycles. The summed E-state index contributed by atoms with van der Waals surface area (Å²) in [6, 6.07) is 6.52. The molecule has 0 saturated carbocycles. The van der Waals surface area contributed by atoms with Crippen LogP contribution in [0, 0.1) is 11.7 Å². The molecule has 104 valence electrons. The Kier molecular flexibility index (Phi) is 4.53.